The molecule has 1 amide bonds. The number of halogens is 1. The summed E-state index contributed by atoms with van der Waals surface area (Å²) in [6.07, 6.45) is 2.06. The lowest BCUT2D eigenvalue weighted by atomic mass is 10.4. The number of carbonyl (C=O) groups excluding carboxylic acids is 1. The molecule has 0 fully saturated rings. The summed E-state index contributed by atoms with van der Waals surface area (Å²) in [5, 5.41) is 7.25. The molecule has 134 valence electrons. The minimum Gasteiger partial charge on any atom is -0.356 e. The summed E-state index contributed by atoms with van der Waals surface area (Å²) < 4.78 is 0. The van der Waals surface area contributed by atoms with Gasteiger partial charge in [-0.2, -0.15) is 11.8 Å². The van der Waals surface area contributed by atoms with E-state index in [-0.39, 0.29) is 12.5 Å². The third kappa shape index (κ3) is 9.30. The highest BCUT2D eigenvalue weighted by Gasteiger charge is 2.04. The highest BCUT2D eigenvalue weighted by Crippen LogP contribution is 2.19. The summed E-state index contributed by atoms with van der Waals surface area (Å²) in [6.45, 7) is 1.72. The molecule has 0 saturated carbocycles. The van der Waals surface area contributed by atoms with Crippen molar-refractivity contribution in [1.82, 2.24) is 15.5 Å². The van der Waals surface area contributed by atoms with E-state index in [0.717, 1.165) is 29.6 Å². The van der Waals surface area contributed by atoms with Crippen LogP contribution in [0.1, 0.15) is 0 Å². The van der Waals surface area contributed by atoms with E-state index in [1.54, 1.807) is 42.5 Å². The first-order valence-electron chi connectivity index (χ1n) is 7.62. The summed E-state index contributed by atoms with van der Waals surface area (Å²) >= 11 is 9.39. The molecule has 5 nitrogen and oxygen atoms in total. The molecule has 0 aliphatic carbocycles. The van der Waals surface area contributed by atoms with Crippen LogP contribution in [-0.4, -0.2) is 68.3 Å². The van der Waals surface area contributed by atoms with Gasteiger partial charge in [0.15, 0.2) is 5.96 Å². The van der Waals surface area contributed by atoms with E-state index in [0.29, 0.717) is 5.96 Å². The molecule has 0 saturated heterocycles. The first-order valence-corrected chi connectivity index (χ1v) is 10.4. The standard InChI is InChI=1S/C16H25ClN4OS2/c1-21(2)15(22)12-20-16(18-8-10-23-3)19-9-11-24-14-6-4-13(17)5-7-14/h4-7H,8-12H2,1-3H3,(H2,18,19,20). The lowest BCUT2D eigenvalue weighted by Crippen LogP contribution is -2.40. The highest BCUT2D eigenvalue weighted by atomic mass is 35.5. The molecule has 0 bridgehead atoms. The zero-order chi connectivity index (χ0) is 17.8. The second-order valence-corrected chi connectivity index (χ2v) is 7.69. The monoisotopic (exact) mass is 388 g/mol. The van der Waals surface area contributed by atoms with Gasteiger partial charge in [0.25, 0.3) is 0 Å². The summed E-state index contributed by atoms with van der Waals surface area (Å²) in [6, 6.07) is 7.80. The van der Waals surface area contributed by atoms with E-state index in [2.05, 4.69) is 21.9 Å². The van der Waals surface area contributed by atoms with Crippen LogP contribution < -0.4 is 10.6 Å². The number of hydrogen-bond acceptors (Lipinski definition) is 4. The Balaban J connectivity index is 2.40. The van der Waals surface area contributed by atoms with Crippen LogP contribution in [0.3, 0.4) is 0 Å². The molecule has 0 aliphatic heterocycles. The van der Waals surface area contributed by atoms with Gasteiger partial charge in [0.2, 0.25) is 5.91 Å². The molecule has 0 heterocycles. The molecule has 24 heavy (non-hydrogen) atoms. The van der Waals surface area contributed by atoms with Gasteiger partial charge in [0, 0.05) is 48.6 Å². The van der Waals surface area contributed by atoms with Crippen molar-refractivity contribution in [2.24, 2.45) is 4.99 Å². The predicted octanol–water partition coefficient (Wildman–Crippen LogP) is 2.42. The molecule has 1 aromatic carbocycles. The quantitative estimate of drug-likeness (QED) is 0.294. The van der Waals surface area contributed by atoms with Crippen LogP contribution in [0.5, 0.6) is 0 Å². The van der Waals surface area contributed by atoms with Crippen molar-refractivity contribution in [1.29, 1.82) is 0 Å². The van der Waals surface area contributed by atoms with Crippen LogP contribution in [0.25, 0.3) is 0 Å². The first-order chi connectivity index (χ1) is 11.5. The van der Waals surface area contributed by atoms with Gasteiger partial charge >= 0.3 is 0 Å². The number of carbonyl (C=O) groups is 1. The molecule has 0 atom stereocenters. The third-order valence-corrected chi connectivity index (χ3v) is 4.82. The lowest BCUT2D eigenvalue weighted by molar-refractivity contribution is -0.127. The van der Waals surface area contributed by atoms with Crippen molar-refractivity contribution in [2.75, 3.05) is 51.5 Å². The molecule has 0 unspecified atom stereocenters. The molecular formula is C16H25ClN4OS2. The zero-order valence-electron chi connectivity index (χ0n) is 14.3. The maximum Gasteiger partial charge on any atom is 0.243 e. The number of hydrogen-bond donors (Lipinski definition) is 2. The van der Waals surface area contributed by atoms with Crippen molar-refractivity contribution in [3.8, 4) is 0 Å². The van der Waals surface area contributed by atoms with E-state index in [1.807, 2.05) is 24.3 Å². The van der Waals surface area contributed by atoms with Gasteiger partial charge < -0.3 is 15.5 Å². The summed E-state index contributed by atoms with van der Waals surface area (Å²) in [4.78, 5) is 18.7. The van der Waals surface area contributed by atoms with Gasteiger partial charge in [-0.1, -0.05) is 11.6 Å². The lowest BCUT2D eigenvalue weighted by Gasteiger charge is -2.13. The Morgan fingerprint density at radius 1 is 1.17 bits per heavy atom. The average molecular weight is 389 g/mol. The van der Waals surface area contributed by atoms with Gasteiger partial charge in [-0.25, -0.2) is 4.99 Å². The topological polar surface area (TPSA) is 56.7 Å². The molecule has 2 N–H and O–H groups in total. The minimum atomic E-state index is -0.0171. The minimum absolute atomic E-state index is 0.0171. The number of likely N-dealkylation sites (N-methyl/N-ethyl adjacent to an activating group) is 1. The van der Waals surface area contributed by atoms with Gasteiger partial charge in [-0.05, 0) is 30.5 Å². The zero-order valence-corrected chi connectivity index (χ0v) is 16.7. The number of rotatable bonds is 9. The van der Waals surface area contributed by atoms with E-state index >= 15 is 0 Å². The van der Waals surface area contributed by atoms with Crippen LogP contribution in [0.15, 0.2) is 34.2 Å². The number of nitrogens with one attached hydrogen (secondary N) is 2. The number of thioether (sulfide) groups is 2. The Morgan fingerprint density at radius 3 is 2.38 bits per heavy atom. The summed E-state index contributed by atoms with van der Waals surface area (Å²) in [5.74, 6) is 2.54. The van der Waals surface area contributed by atoms with Crippen LogP contribution >= 0.6 is 35.1 Å². The smallest absolute Gasteiger partial charge is 0.243 e. The second-order valence-electron chi connectivity index (χ2n) is 5.10. The number of nitrogens with zero attached hydrogens (tertiary/aromatic N) is 2. The maximum atomic E-state index is 11.7. The molecule has 0 radical (unpaired) electrons. The van der Waals surface area contributed by atoms with E-state index in [4.69, 9.17) is 11.6 Å². The second kappa shape index (κ2) is 12.3. The Bertz CT molecular complexity index is 523. The SMILES string of the molecule is CSCCNC(=NCC(=O)N(C)C)NCCSc1ccc(Cl)cc1. The van der Waals surface area contributed by atoms with Crippen molar-refractivity contribution in [2.45, 2.75) is 4.90 Å². The molecule has 8 heteroatoms. The largest absolute Gasteiger partial charge is 0.356 e. The number of amides is 1. The van der Waals surface area contributed by atoms with Crippen molar-refractivity contribution < 1.29 is 4.79 Å². The number of aliphatic imine (C=N–C) groups is 1. The molecular weight excluding hydrogens is 364 g/mol. The highest BCUT2D eigenvalue weighted by molar-refractivity contribution is 7.99. The molecule has 1 aromatic rings. The van der Waals surface area contributed by atoms with Gasteiger partial charge in [-0.15, -0.1) is 11.8 Å². The van der Waals surface area contributed by atoms with Gasteiger partial charge in [0.05, 0.1) is 0 Å². The van der Waals surface area contributed by atoms with Crippen molar-refractivity contribution in [3.63, 3.8) is 0 Å². The molecule has 0 aromatic heterocycles. The third-order valence-electron chi connectivity index (χ3n) is 2.95. The fourth-order valence-corrected chi connectivity index (χ4v) is 2.80. The Morgan fingerprint density at radius 2 is 1.79 bits per heavy atom. The maximum absolute atomic E-state index is 11.7. The Hall–Kier alpha value is -1.05. The molecule has 0 aliphatic rings. The summed E-state index contributed by atoms with van der Waals surface area (Å²) in [7, 11) is 3.46. The number of benzene rings is 1. The van der Waals surface area contributed by atoms with Crippen molar-refractivity contribution >= 4 is 47.0 Å². The normalized spacial score (nSPS) is 11.2. The Kier molecular flexibility index (Phi) is 10.8. The Labute approximate surface area is 158 Å². The average Bonchev–Trinajstić information content (AvgIpc) is 2.57. The fraction of sp³-hybridized carbons (Fsp3) is 0.500. The van der Waals surface area contributed by atoms with Crippen LogP contribution in [-0.2, 0) is 4.79 Å². The van der Waals surface area contributed by atoms with E-state index in [1.165, 1.54) is 4.90 Å². The van der Waals surface area contributed by atoms with Crippen LogP contribution in [0.2, 0.25) is 5.02 Å². The first kappa shape index (κ1) is 21.0. The van der Waals surface area contributed by atoms with Crippen LogP contribution in [0.4, 0.5) is 0 Å². The fourth-order valence-electron chi connectivity index (χ4n) is 1.60. The van der Waals surface area contributed by atoms with E-state index < -0.39 is 0 Å². The van der Waals surface area contributed by atoms with Crippen LogP contribution in [0, 0.1) is 0 Å². The predicted molar refractivity (Wildman–Crippen MR) is 108 cm³/mol. The van der Waals surface area contributed by atoms with Gasteiger partial charge in [-0.3, -0.25) is 4.79 Å². The molecule has 0 spiro atoms. The van der Waals surface area contributed by atoms with Gasteiger partial charge in [0.1, 0.15) is 6.54 Å². The van der Waals surface area contributed by atoms with Crippen molar-refractivity contribution in [3.05, 3.63) is 29.3 Å². The number of guanidine groups is 1. The summed E-state index contributed by atoms with van der Waals surface area (Å²) in [5.41, 5.74) is 0. The molecule has 1 rings (SSSR count). The van der Waals surface area contributed by atoms with E-state index in [9.17, 15) is 4.79 Å².